The average Bonchev–Trinajstić information content (AvgIpc) is 3.03. The highest BCUT2D eigenvalue weighted by Gasteiger charge is 2.30. The molecule has 246 valence electrons. The molecule has 2 amide bonds. The zero-order valence-corrected chi connectivity index (χ0v) is 27.5. The van der Waals surface area contributed by atoms with Crippen molar-refractivity contribution < 1.29 is 28.5 Å². The molecule has 12 heteroatoms. The molecule has 0 aromatic heterocycles. The van der Waals surface area contributed by atoms with Crippen LogP contribution in [0, 0.1) is 0 Å². The highest BCUT2D eigenvalue weighted by Crippen LogP contribution is 2.12. The van der Waals surface area contributed by atoms with Crippen LogP contribution in [-0.4, -0.2) is 52.5 Å². The zero-order valence-electron chi connectivity index (χ0n) is 26.7. The molecule has 11 nitrogen and oxygen atoms in total. The number of carbonyl (C=O) groups is 3. The van der Waals surface area contributed by atoms with E-state index < -0.39 is 40.9 Å². The number of nitrogens with zero attached hydrogens (tertiary/aromatic N) is 1. The molecule has 46 heavy (non-hydrogen) atoms. The van der Waals surface area contributed by atoms with Crippen LogP contribution in [0.5, 0.6) is 0 Å². The minimum absolute atomic E-state index is 0.0396. The minimum Gasteiger partial charge on any atom is -0.598 e. The Kier molecular flexibility index (Phi) is 14.2. The molecule has 3 rings (SSSR count). The van der Waals surface area contributed by atoms with Gasteiger partial charge in [0.05, 0.1) is 12.2 Å². The molecule has 2 unspecified atom stereocenters. The number of nitrogens with two attached hydrogens (primary N) is 1. The summed E-state index contributed by atoms with van der Waals surface area (Å²) < 4.78 is 21.8. The topological polar surface area (TPSA) is 167 Å². The molecule has 5 N–H and O–H groups in total. The third kappa shape index (κ3) is 13.4. The van der Waals surface area contributed by atoms with Crippen molar-refractivity contribution in [2.75, 3.05) is 6.61 Å². The van der Waals surface area contributed by atoms with E-state index >= 15 is 0 Å². The fraction of sp³-hybridized carbons (Fsp3) is 0.353. The first-order valence-corrected chi connectivity index (χ1v) is 16.3. The molecule has 0 aliphatic heterocycles. The second-order valence-corrected chi connectivity index (χ2v) is 12.8. The van der Waals surface area contributed by atoms with Crippen molar-refractivity contribution >= 4 is 35.0 Å². The Bertz CT molecular complexity index is 1430. The van der Waals surface area contributed by atoms with Gasteiger partial charge in [-0.3, -0.25) is 9.59 Å². The average molecular weight is 650 g/mol. The van der Waals surface area contributed by atoms with Gasteiger partial charge in [0.15, 0.2) is 17.6 Å². The fourth-order valence-electron chi connectivity index (χ4n) is 4.19. The molecule has 0 bridgehead atoms. The molecule has 3 aromatic carbocycles. The molecule has 3 aromatic rings. The smallest absolute Gasteiger partial charge is 0.332 e. The van der Waals surface area contributed by atoms with Crippen LogP contribution < -0.4 is 21.1 Å². The number of rotatable bonds is 16. The summed E-state index contributed by atoms with van der Waals surface area (Å²) in [5, 5.41) is 9.35. The number of hydrogen-bond acceptors (Lipinski definition) is 8. The lowest BCUT2D eigenvalue weighted by atomic mass is 10.0. The van der Waals surface area contributed by atoms with E-state index in [0.717, 1.165) is 16.7 Å². The summed E-state index contributed by atoms with van der Waals surface area (Å²) in [5.74, 6) is -1.20. The Balaban J connectivity index is 1.71. The highest BCUT2D eigenvalue weighted by molar-refractivity contribution is 7.88. The summed E-state index contributed by atoms with van der Waals surface area (Å²) in [4.78, 5) is 42.7. The van der Waals surface area contributed by atoms with Crippen molar-refractivity contribution in [3.63, 3.8) is 0 Å². The van der Waals surface area contributed by atoms with Crippen molar-refractivity contribution in [2.24, 2.45) is 10.9 Å². The maximum atomic E-state index is 13.6. The number of carbonyl (C=O) groups excluding carboxylic acids is 3. The SMILES string of the molecule is CC(=O)O/N=C(\N)c1ccc(CNC(=O)[C@H](CCc2ccccc2)NC(=O)C(COC(C)(C)C)N[S+]([O-])Cc2ccccc2)cc1. The molecule has 0 spiro atoms. The molecule has 0 saturated heterocycles. The predicted octanol–water partition coefficient (Wildman–Crippen LogP) is 3.24. The number of amidine groups is 1. The summed E-state index contributed by atoms with van der Waals surface area (Å²) >= 11 is -1.58. The first-order chi connectivity index (χ1) is 21.9. The molecule has 0 aliphatic carbocycles. The van der Waals surface area contributed by atoms with Crippen molar-refractivity contribution in [3.05, 3.63) is 107 Å². The molecular weight excluding hydrogens is 606 g/mol. The van der Waals surface area contributed by atoms with E-state index in [1.165, 1.54) is 6.92 Å². The van der Waals surface area contributed by atoms with Crippen molar-refractivity contribution in [3.8, 4) is 0 Å². The van der Waals surface area contributed by atoms with Gasteiger partial charge in [-0.25, -0.2) is 4.79 Å². The largest absolute Gasteiger partial charge is 0.598 e. The summed E-state index contributed by atoms with van der Waals surface area (Å²) in [6.07, 6.45) is 0.884. The van der Waals surface area contributed by atoms with Crippen LogP contribution in [-0.2, 0) is 54.0 Å². The number of nitrogens with one attached hydrogen (secondary N) is 3. The Morgan fingerprint density at radius 3 is 2.07 bits per heavy atom. The van der Waals surface area contributed by atoms with Crippen LogP contribution in [0.3, 0.4) is 0 Å². The molecule has 0 heterocycles. The third-order valence-electron chi connectivity index (χ3n) is 6.60. The van der Waals surface area contributed by atoms with E-state index in [2.05, 4.69) is 25.3 Å². The first kappa shape index (κ1) is 36.2. The van der Waals surface area contributed by atoms with Gasteiger partial charge in [0.2, 0.25) is 11.8 Å². The quantitative estimate of drug-likeness (QED) is 0.0603. The van der Waals surface area contributed by atoms with Crippen LogP contribution in [0.15, 0.2) is 90.1 Å². The Morgan fingerprint density at radius 1 is 0.870 bits per heavy atom. The number of aryl methyl sites for hydroxylation is 1. The number of benzene rings is 3. The van der Waals surface area contributed by atoms with Gasteiger partial charge >= 0.3 is 5.97 Å². The van der Waals surface area contributed by atoms with E-state index in [0.29, 0.717) is 18.4 Å². The van der Waals surface area contributed by atoms with E-state index in [1.54, 1.807) is 24.3 Å². The minimum atomic E-state index is -1.58. The number of amides is 2. The van der Waals surface area contributed by atoms with Gasteiger partial charge in [0, 0.05) is 36.0 Å². The van der Waals surface area contributed by atoms with Crippen LogP contribution in [0.2, 0.25) is 0 Å². The maximum Gasteiger partial charge on any atom is 0.332 e. The monoisotopic (exact) mass is 649 g/mol. The molecule has 0 saturated carbocycles. The van der Waals surface area contributed by atoms with Gasteiger partial charge in [0.25, 0.3) is 0 Å². The van der Waals surface area contributed by atoms with Crippen molar-refractivity contribution in [1.82, 2.24) is 15.4 Å². The Morgan fingerprint density at radius 2 is 1.48 bits per heavy atom. The fourth-order valence-corrected chi connectivity index (χ4v) is 5.26. The lowest BCUT2D eigenvalue weighted by Crippen LogP contribution is -2.55. The van der Waals surface area contributed by atoms with Gasteiger partial charge in [-0.15, -0.1) is 4.72 Å². The number of ether oxygens (including phenoxy) is 1. The second-order valence-electron chi connectivity index (χ2n) is 11.6. The van der Waals surface area contributed by atoms with E-state index in [4.69, 9.17) is 10.5 Å². The van der Waals surface area contributed by atoms with Gasteiger partial charge in [-0.05, 0) is 44.7 Å². The second kappa shape index (κ2) is 18.1. The summed E-state index contributed by atoms with van der Waals surface area (Å²) in [6.45, 7) is 6.97. The Labute approximate surface area is 273 Å². The van der Waals surface area contributed by atoms with Gasteiger partial charge in [0.1, 0.15) is 6.04 Å². The predicted molar refractivity (Wildman–Crippen MR) is 178 cm³/mol. The normalized spacial score (nSPS) is 13.7. The van der Waals surface area contributed by atoms with Crippen LogP contribution in [0.25, 0.3) is 0 Å². The lowest BCUT2D eigenvalue weighted by Gasteiger charge is -2.26. The molecule has 0 fully saturated rings. The summed E-state index contributed by atoms with van der Waals surface area (Å²) in [7, 11) is 0. The van der Waals surface area contributed by atoms with Gasteiger partial charge in [-0.1, -0.05) is 90.1 Å². The van der Waals surface area contributed by atoms with E-state index in [1.807, 2.05) is 81.4 Å². The van der Waals surface area contributed by atoms with Gasteiger partial charge < -0.3 is 30.5 Å². The van der Waals surface area contributed by atoms with Crippen LogP contribution in [0.1, 0.15) is 56.4 Å². The number of oxime groups is 1. The highest BCUT2D eigenvalue weighted by atomic mass is 32.2. The van der Waals surface area contributed by atoms with Crippen molar-refractivity contribution in [2.45, 2.75) is 70.5 Å². The molecule has 0 radical (unpaired) electrons. The van der Waals surface area contributed by atoms with E-state index in [-0.39, 0.29) is 30.6 Å². The molecule has 3 atom stereocenters. The maximum absolute atomic E-state index is 13.6. The Hall–Kier alpha value is -4.23. The summed E-state index contributed by atoms with van der Waals surface area (Å²) in [5.41, 5.74) is 8.51. The first-order valence-electron chi connectivity index (χ1n) is 14.9. The zero-order chi connectivity index (χ0) is 33.5. The van der Waals surface area contributed by atoms with Gasteiger partial charge in [-0.2, -0.15) is 0 Å². The lowest BCUT2D eigenvalue weighted by molar-refractivity contribution is -0.141. The van der Waals surface area contributed by atoms with Crippen LogP contribution >= 0.6 is 0 Å². The van der Waals surface area contributed by atoms with Crippen LogP contribution in [0.4, 0.5) is 0 Å². The van der Waals surface area contributed by atoms with E-state index in [9.17, 15) is 18.9 Å². The third-order valence-corrected chi connectivity index (χ3v) is 7.74. The molecule has 0 aliphatic rings. The standard InChI is InChI=1S/C34H43N5O6S/c1-24(40)45-38-31(35)28-18-15-26(16-19-28)21-36-32(41)29(20-17-25-11-7-5-8-12-25)37-33(42)30(22-44-34(2,3)4)39-46(43)23-27-13-9-6-10-14-27/h5-16,18-19,29-30,39H,17,20-23H2,1-4H3,(H2,35,38)(H,36,41)(H,37,42)/t29-,30?,46?/m0/s1. The summed E-state index contributed by atoms with van der Waals surface area (Å²) in [6, 6.07) is 24.1. The molecular formula is C34H43N5O6S. The van der Waals surface area contributed by atoms with Crippen molar-refractivity contribution in [1.29, 1.82) is 0 Å². The number of hydrogen-bond donors (Lipinski definition) is 4.